The Hall–Kier alpha value is -1.04. The molecule has 0 heterocycles. The molecule has 3 rings (SSSR count). The van der Waals surface area contributed by atoms with E-state index in [1.54, 1.807) is 5.56 Å². The van der Waals surface area contributed by atoms with Crippen molar-refractivity contribution >= 4 is 0 Å². The second kappa shape index (κ2) is 3.84. The third-order valence-corrected chi connectivity index (χ3v) is 3.91. The van der Waals surface area contributed by atoms with E-state index in [-0.39, 0.29) is 0 Å². The third kappa shape index (κ3) is 1.86. The molecule has 1 unspecified atom stereocenters. The Morgan fingerprint density at radius 1 is 1.07 bits per heavy atom. The van der Waals surface area contributed by atoms with Crippen LogP contribution in [0, 0.1) is 11.8 Å². The van der Waals surface area contributed by atoms with Gasteiger partial charge < -0.3 is 0 Å². The second-order valence-corrected chi connectivity index (χ2v) is 4.94. The van der Waals surface area contributed by atoms with Crippen LogP contribution in [0.2, 0.25) is 0 Å². The molecule has 15 heavy (non-hydrogen) atoms. The van der Waals surface area contributed by atoms with Crippen molar-refractivity contribution in [3.63, 3.8) is 0 Å². The summed E-state index contributed by atoms with van der Waals surface area (Å²) in [4.78, 5) is 0. The molecule has 0 heteroatoms. The van der Waals surface area contributed by atoms with E-state index in [4.69, 9.17) is 0 Å². The molecule has 0 saturated heterocycles. The van der Waals surface area contributed by atoms with Gasteiger partial charge in [0.05, 0.1) is 0 Å². The average molecular weight is 198 g/mol. The van der Waals surface area contributed by atoms with E-state index in [1.807, 2.05) is 0 Å². The Kier molecular flexibility index (Phi) is 2.36. The van der Waals surface area contributed by atoms with Crippen molar-refractivity contribution in [3.05, 3.63) is 48.0 Å². The Labute approximate surface area is 92.0 Å². The van der Waals surface area contributed by atoms with Gasteiger partial charge in [0.25, 0.3) is 0 Å². The first-order chi connectivity index (χ1) is 7.45. The van der Waals surface area contributed by atoms with Gasteiger partial charge in [0.15, 0.2) is 0 Å². The van der Waals surface area contributed by atoms with Gasteiger partial charge in [-0.05, 0) is 49.0 Å². The first-order valence-electron chi connectivity index (χ1n) is 6.17. The molecule has 0 nitrogen and oxygen atoms in total. The van der Waals surface area contributed by atoms with Gasteiger partial charge >= 0.3 is 0 Å². The molecule has 2 aliphatic carbocycles. The fourth-order valence-corrected chi connectivity index (χ4v) is 2.97. The molecule has 1 aromatic carbocycles. The molecule has 78 valence electrons. The molecule has 0 bridgehead atoms. The van der Waals surface area contributed by atoms with E-state index in [0.29, 0.717) is 0 Å². The number of allylic oxidation sites excluding steroid dienone is 2. The van der Waals surface area contributed by atoms with Crippen LogP contribution in [0.15, 0.2) is 42.5 Å². The number of hydrogen-bond donors (Lipinski definition) is 0. The predicted molar refractivity (Wildman–Crippen MR) is 63.8 cm³/mol. The minimum atomic E-state index is 0.860. The molecular formula is C15H18. The Morgan fingerprint density at radius 3 is 2.67 bits per heavy atom. The maximum atomic E-state index is 2.47. The SMILES string of the molecule is C1=CC([C@@H]2C[C@H]2c2ccccc2)CCC1. The van der Waals surface area contributed by atoms with Crippen LogP contribution in [0.4, 0.5) is 0 Å². The summed E-state index contributed by atoms with van der Waals surface area (Å²) >= 11 is 0. The van der Waals surface area contributed by atoms with Gasteiger partial charge in [0, 0.05) is 0 Å². The minimum absolute atomic E-state index is 0.860. The van der Waals surface area contributed by atoms with Crippen molar-refractivity contribution in [2.45, 2.75) is 31.6 Å². The summed E-state index contributed by atoms with van der Waals surface area (Å²) in [6, 6.07) is 11.0. The van der Waals surface area contributed by atoms with Crippen LogP contribution in [0.25, 0.3) is 0 Å². The zero-order valence-electron chi connectivity index (χ0n) is 9.10. The highest BCUT2D eigenvalue weighted by Crippen LogP contribution is 2.53. The molecule has 1 aromatic rings. The summed E-state index contributed by atoms with van der Waals surface area (Å²) in [5.74, 6) is 2.69. The lowest BCUT2D eigenvalue weighted by molar-refractivity contribution is 0.477. The lowest BCUT2D eigenvalue weighted by Gasteiger charge is -2.16. The predicted octanol–water partition coefficient (Wildman–Crippen LogP) is 4.15. The van der Waals surface area contributed by atoms with Crippen molar-refractivity contribution in [1.82, 2.24) is 0 Å². The highest BCUT2D eigenvalue weighted by Gasteiger charge is 2.42. The van der Waals surface area contributed by atoms with Crippen LogP contribution < -0.4 is 0 Å². The number of rotatable bonds is 2. The summed E-state index contributed by atoms with van der Waals surface area (Å²) in [6.45, 7) is 0. The van der Waals surface area contributed by atoms with Crippen molar-refractivity contribution in [1.29, 1.82) is 0 Å². The molecule has 0 aromatic heterocycles. The first-order valence-corrected chi connectivity index (χ1v) is 6.17. The molecule has 1 saturated carbocycles. The van der Waals surface area contributed by atoms with E-state index >= 15 is 0 Å². The molecule has 0 amide bonds. The first kappa shape index (κ1) is 9.21. The quantitative estimate of drug-likeness (QED) is 0.626. The average Bonchev–Trinajstić information content (AvgIpc) is 3.11. The highest BCUT2D eigenvalue weighted by atomic mass is 14.5. The fraction of sp³-hybridized carbons (Fsp3) is 0.467. The molecule has 0 aliphatic heterocycles. The molecule has 1 fully saturated rings. The molecular weight excluding hydrogens is 180 g/mol. The summed E-state index contributed by atoms with van der Waals surface area (Å²) in [5.41, 5.74) is 1.56. The maximum absolute atomic E-state index is 2.47. The largest absolute Gasteiger partial charge is 0.0882 e. The summed E-state index contributed by atoms with van der Waals surface area (Å²) in [7, 11) is 0. The lowest BCUT2D eigenvalue weighted by atomic mass is 9.90. The summed E-state index contributed by atoms with van der Waals surface area (Å²) < 4.78 is 0. The van der Waals surface area contributed by atoms with E-state index in [2.05, 4.69) is 42.5 Å². The van der Waals surface area contributed by atoms with Crippen LogP contribution in [0.1, 0.15) is 37.2 Å². The zero-order valence-corrected chi connectivity index (χ0v) is 9.10. The third-order valence-electron chi connectivity index (χ3n) is 3.91. The van der Waals surface area contributed by atoms with Crippen molar-refractivity contribution in [2.24, 2.45) is 11.8 Å². The maximum Gasteiger partial charge on any atom is -0.0125 e. The number of hydrogen-bond acceptors (Lipinski definition) is 0. The summed E-state index contributed by atoms with van der Waals surface area (Å²) in [6.07, 6.45) is 10.4. The zero-order chi connectivity index (χ0) is 10.1. The second-order valence-electron chi connectivity index (χ2n) is 4.94. The monoisotopic (exact) mass is 198 g/mol. The van der Waals surface area contributed by atoms with Gasteiger partial charge in [0.2, 0.25) is 0 Å². The molecule has 0 N–H and O–H groups in total. The van der Waals surface area contributed by atoms with Gasteiger partial charge in [-0.15, -0.1) is 0 Å². The Balaban J connectivity index is 1.69. The van der Waals surface area contributed by atoms with E-state index in [0.717, 1.165) is 17.8 Å². The molecule has 0 radical (unpaired) electrons. The van der Waals surface area contributed by atoms with Gasteiger partial charge in [-0.2, -0.15) is 0 Å². The van der Waals surface area contributed by atoms with Crippen molar-refractivity contribution < 1.29 is 0 Å². The van der Waals surface area contributed by atoms with Crippen LogP contribution >= 0.6 is 0 Å². The minimum Gasteiger partial charge on any atom is -0.0882 e. The van der Waals surface area contributed by atoms with Crippen LogP contribution in [0.3, 0.4) is 0 Å². The number of benzene rings is 1. The Bertz CT molecular complexity index is 350. The molecule has 3 atom stereocenters. The van der Waals surface area contributed by atoms with E-state index in [9.17, 15) is 0 Å². The molecule has 0 spiro atoms. The smallest absolute Gasteiger partial charge is 0.0125 e. The van der Waals surface area contributed by atoms with Crippen LogP contribution in [0.5, 0.6) is 0 Å². The Morgan fingerprint density at radius 2 is 1.93 bits per heavy atom. The van der Waals surface area contributed by atoms with E-state index in [1.165, 1.54) is 25.7 Å². The van der Waals surface area contributed by atoms with Gasteiger partial charge in [-0.25, -0.2) is 0 Å². The van der Waals surface area contributed by atoms with Crippen LogP contribution in [-0.2, 0) is 0 Å². The normalized spacial score (nSPS) is 34.0. The molecule has 2 aliphatic rings. The van der Waals surface area contributed by atoms with Gasteiger partial charge in [0.1, 0.15) is 0 Å². The van der Waals surface area contributed by atoms with Gasteiger partial charge in [-0.1, -0.05) is 42.5 Å². The fourth-order valence-electron chi connectivity index (χ4n) is 2.97. The summed E-state index contributed by atoms with van der Waals surface area (Å²) in [5, 5.41) is 0. The van der Waals surface area contributed by atoms with Crippen molar-refractivity contribution in [3.8, 4) is 0 Å². The van der Waals surface area contributed by atoms with Crippen molar-refractivity contribution in [2.75, 3.05) is 0 Å². The lowest BCUT2D eigenvalue weighted by Crippen LogP contribution is -2.04. The van der Waals surface area contributed by atoms with Gasteiger partial charge in [-0.3, -0.25) is 0 Å². The van der Waals surface area contributed by atoms with E-state index < -0.39 is 0 Å². The standard InChI is InChI=1S/C15H18/c1-3-7-12(8-4-1)14-11-15(14)13-9-5-2-6-10-13/h1,3-5,7-9,13-15H,2,6,10-11H2/t13?,14-,15-/m0/s1. The topological polar surface area (TPSA) is 0 Å². The highest BCUT2D eigenvalue weighted by molar-refractivity contribution is 5.27. The van der Waals surface area contributed by atoms with Crippen LogP contribution in [-0.4, -0.2) is 0 Å².